The Morgan fingerprint density at radius 2 is 1.68 bits per heavy atom. The molecule has 0 unspecified atom stereocenters. The van der Waals surface area contributed by atoms with Gasteiger partial charge in [-0.25, -0.2) is 4.98 Å². The lowest BCUT2D eigenvalue weighted by atomic mass is 10.0. The number of hydrogen-bond acceptors (Lipinski definition) is 3. The highest BCUT2D eigenvalue weighted by Crippen LogP contribution is 2.36. The summed E-state index contributed by atoms with van der Waals surface area (Å²) < 4.78 is 7.21. The Morgan fingerprint density at radius 3 is 2.52 bits per heavy atom. The van der Waals surface area contributed by atoms with Crippen molar-refractivity contribution < 1.29 is 4.74 Å². The van der Waals surface area contributed by atoms with Gasteiger partial charge in [-0.15, -0.1) is 0 Å². The molecule has 0 amide bonds. The van der Waals surface area contributed by atoms with Crippen LogP contribution in [0.5, 0.6) is 5.88 Å². The molecule has 2 aromatic heterocycles. The maximum atomic E-state index is 6.17. The van der Waals surface area contributed by atoms with Crippen molar-refractivity contribution in [2.75, 3.05) is 5.32 Å². The number of H-pyrrole nitrogens is 1. The lowest BCUT2D eigenvalue weighted by Gasteiger charge is -2.14. The Balaban J connectivity index is 1.53. The summed E-state index contributed by atoms with van der Waals surface area (Å²) in [5, 5.41) is 4.57. The number of aromatic amines is 1. The molecule has 0 aliphatic heterocycles. The van der Waals surface area contributed by atoms with Crippen LogP contribution in [0, 0.1) is 0 Å². The first kappa shape index (κ1) is 19.4. The number of pyridine rings is 1. The monoisotopic (exact) mass is 469 g/mol. The van der Waals surface area contributed by atoms with E-state index in [1.54, 1.807) is 0 Å². The van der Waals surface area contributed by atoms with E-state index in [1.807, 2.05) is 60.9 Å². The van der Waals surface area contributed by atoms with E-state index in [-0.39, 0.29) is 0 Å². The largest absolute Gasteiger partial charge is 0.472 e. The lowest BCUT2D eigenvalue weighted by Crippen LogP contribution is -2.00. The van der Waals surface area contributed by atoms with Gasteiger partial charge in [-0.2, -0.15) is 0 Å². The molecule has 31 heavy (non-hydrogen) atoms. The van der Waals surface area contributed by atoms with Gasteiger partial charge in [0.1, 0.15) is 6.61 Å². The molecule has 2 heterocycles. The average Bonchev–Trinajstić information content (AvgIpc) is 3.29. The molecule has 5 rings (SSSR count). The molecule has 0 radical (unpaired) electrons. The average molecular weight is 470 g/mol. The van der Waals surface area contributed by atoms with Crippen LogP contribution in [0.15, 0.2) is 102 Å². The first-order chi connectivity index (χ1) is 15.3. The van der Waals surface area contributed by atoms with E-state index in [0.717, 1.165) is 43.4 Å². The molecule has 3 aromatic carbocycles. The van der Waals surface area contributed by atoms with Crippen molar-refractivity contribution in [2.24, 2.45) is 0 Å². The summed E-state index contributed by atoms with van der Waals surface area (Å²) in [6, 6.07) is 28.6. The fraction of sp³-hybridized carbons (Fsp3) is 0.0385. The van der Waals surface area contributed by atoms with Crippen LogP contribution in [0.2, 0.25) is 0 Å². The van der Waals surface area contributed by atoms with Crippen LogP contribution in [0.4, 0.5) is 11.4 Å². The second-order valence-electron chi connectivity index (χ2n) is 7.23. The Labute approximate surface area is 189 Å². The van der Waals surface area contributed by atoms with Gasteiger partial charge in [-0.3, -0.25) is 0 Å². The Kier molecular flexibility index (Phi) is 5.42. The number of aromatic nitrogens is 2. The number of fused-ring (bicyclic) bond motifs is 1. The molecular formula is C26H20BrN3O. The van der Waals surface area contributed by atoms with Crippen molar-refractivity contribution >= 4 is 38.2 Å². The number of anilines is 2. The number of benzene rings is 3. The first-order valence-corrected chi connectivity index (χ1v) is 10.8. The molecule has 0 saturated carbocycles. The topological polar surface area (TPSA) is 49.9 Å². The van der Waals surface area contributed by atoms with Crippen LogP contribution in [0.25, 0.3) is 22.0 Å². The maximum Gasteiger partial charge on any atom is 0.221 e. The number of nitrogens with one attached hydrogen (secondary N) is 2. The van der Waals surface area contributed by atoms with Gasteiger partial charge >= 0.3 is 0 Å². The van der Waals surface area contributed by atoms with Crippen LogP contribution in [0.1, 0.15) is 5.56 Å². The van der Waals surface area contributed by atoms with Gasteiger partial charge in [0.05, 0.1) is 11.9 Å². The van der Waals surface area contributed by atoms with Gasteiger partial charge in [-0.1, -0.05) is 58.4 Å². The van der Waals surface area contributed by atoms with Crippen molar-refractivity contribution in [3.8, 4) is 17.0 Å². The SMILES string of the molecule is Brc1ccc(Nc2cnc(OCc3ccccc3)c(-c3cccc4[nH]ccc34)c2)cc1. The van der Waals surface area contributed by atoms with Crippen LogP contribution < -0.4 is 10.1 Å². The molecule has 0 spiro atoms. The standard InChI is InChI=1S/C26H20BrN3O/c27-19-9-11-20(12-10-19)30-21-15-24(22-7-4-8-25-23(22)13-14-28-25)26(29-16-21)31-17-18-5-2-1-3-6-18/h1-16,28,30H,17H2. The Morgan fingerprint density at radius 1 is 0.839 bits per heavy atom. The van der Waals surface area contributed by atoms with Crippen molar-refractivity contribution in [1.29, 1.82) is 0 Å². The zero-order valence-corrected chi connectivity index (χ0v) is 18.3. The summed E-state index contributed by atoms with van der Waals surface area (Å²) in [5.74, 6) is 0.610. The third kappa shape index (κ3) is 4.32. The number of ether oxygens (including phenoxy) is 1. The van der Waals surface area contributed by atoms with E-state index in [2.05, 4.69) is 67.6 Å². The summed E-state index contributed by atoms with van der Waals surface area (Å²) in [6.45, 7) is 0.462. The van der Waals surface area contributed by atoms with Gasteiger partial charge in [0.15, 0.2) is 0 Å². The molecule has 0 atom stereocenters. The summed E-state index contributed by atoms with van der Waals surface area (Å²) >= 11 is 3.48. The van der Waals surface area contributed by atoms with Crippen molar-refractivity contribution in [1.82, 2.24) is 9.97 Å². The van der Waals surface area contributed by atoms with Crippen molar-refractivity contribution in [2.45, 2.75) is 6.61 Å². The normalized spacial score (nSPS) is 10.9. The van der Waals surface area contributed by atoms with Crippen molar-refractivity contribution in [3.05, 3.63) is 107 Å². The van der Waals surface area contributed by atoms with E-state index >= 15 is 0 Å². The second-order valence-corrected chi connectivity index (χ2v) is 8.14. The number of hydrogen-bond donors (Lipinski definition) is 2. The molecular weight excluding hydrogens is 450 g/mol. The smallest absolute Gasteiger partial charge is 0.221 e. The van der Waals surface area contributed by atoms with Gasteiger partial charge in [0.25, 0.3) is 0 Å². The van der Waals surface area contributed by atoms with Gasteiger partial charge in [0.2, 0.25) is 5.88 Å². The summed E-state index contributed by atoms with van der Waals surface area (Å²) in [6.07, 6.45) is 3.76. The zero-order valence-electron chi connectivity index (χ0n) is 16.7. The molecule has 5 aromatic rings. The summed E-state index contributed by atoms with van der Waals surface area (Å²) in [7, 11) is 0. The van der Waals surface area contributed by atoms with Gasteiger partial charge in [0, 0.05) is 32.8 Å². The predicted octanol–water partition coefficient (Wildman–Crippen LogP) is 7.32. The number of halogens is 1. The van der Waals surface area contributed by atoms with Gasteiger partial charge in [-0.05, 0) is 53.6 Å². The summed E-state index contributed by atoms with van der Waals surface area (Å²) in [5.41, 5.74) is 6.10. The minimum absolute atomic E-state index is 0.462. The van der Waals surface area contributed by atoms with Gasteiger partial charge < -0.3 is 15.0 Å². The van der Waals surface area contributed by atoms with E-state index < -0.39 is 0 Å². The van der Waals surface area contributed by atoms with E-state index in [9.17, 15) is 0 Å². The Hall–Kier alpha value is -3.57. The molecule has 152 valence electrons. The Bertz CT molecular complexity index is 1310. The molecule has 4 nitrogen and oxygen atoms in total. The quantitative estimate of drug-likeness (QED) is 0.274. The second kappa shape index (κ2) is 8.66. The molecule has 0 saturated heterocycles. The molecule has 5 heteroatoms. The molecule has 0 aliphatic rings. The van der Waals surface area contributed by atoms with Crippen LogP contribution in [0.3, 0.4) is 0 Å². The highest BCUT2D eigenvalue weighted by atomic mass is 79.9. The van der Waals surface area contributed by atoms with E-state index in [4.69, 9.17) is 4.74 Å². The number of rotatable bonds is 6. The molecule has 0 bridgehead atoms. The highest BCUT2D eigenvalue weighted by molar-refractivity contribution is 9.10. The van der Waals surface area contributed by atoms with Crippen molar-refractivity contribution in [3.63, 3.8) is 0 Å². The predicted molar refractivity (Wildman–Crippen MR) is 130 cm³/mol. The fourth-order valence-corrected chi connectivity index (χ4v) is 3.84. The lowest BCUT2D eigenvalue weighted by molar-refractivity contribution is 0.295. The third-order valence-electron chi connectivity index (χ3n) is 5.09. The minimum atomic E-state index is 0.462. The van der Waals surface area contributed by atoms with Crippen LogP contribution in [-0.4, -0.2) is 9.97 Å². The third-order valence-corrected chi connectivity index (χ3v) is 5.62. The molecule has 2 N–H and O–H groups in total. The fourth-order valence-electron chi connectivity index (χ4n) is 3.57. The maximum absolute atomic E-state index is 6.17. The van der Waals surface area contributed by atoms with E-state index in [0.29, 0.717) is 12.5 Å². The minimum Gasteiger partial charge on any atom is -0.472 e. The summed E-state index contributed by atoms with van der Waals surface area (Å²) in [4.78, 5) is 7.96. The van der Waals surface area contributed by atoms with Crippen LogP contribution in [-0.2, 0) is 6.61 Å². The van der Waals surface area contributed by atoms with Crippen LogP contribution >= 0.6 is 15.9 Å². The number of nitrogens with zero attached hydrogens (tertiary/aromatic N) is 1. The molecule has 0 aliphatic carbocycles. The molecule has 0 fully saturated rings. The highest BCUT2D eigenvalue weighted by Gasteiger charge is 2.14. The first-order valence-electron chi connectivity index (χ1n) is 10.0. The zero-order chi connectivity index (χ0) is 21.0. The van der Waals surface area contributed by atoms with E-state index in [1.165, 1.54) is 0 Å².